The van der Waals surface area contributed by atoms with E-state index in [1.807, 2.05) is 0 Å². The number of nitrogens with zero attached hydrogens (tertiary/aromatic N) is 1. The van der Waals surface area contributed by atoms with Gasteiger partial charge in [-0.05, 0) is 26.7 Å². The van der Waals surface area contributed by atoms with Crippen LogP contribution in [0.3, 0.4) is 0 Å². The van der Waals surface area contributed by atoms with Crippen LogP contribution in [0.4, 0.5) is 13.2 Å². The number of halogens is 3. The van der Waals surface area contributed by atoms with Gasteiger partial charge in [0.15, 0.2) is 0 Å². The lowest BCUT2D eigenvalue weighted by Gasteiger charge is -2.38. The first-order chi connectivity index (χ1) is 8.78. The minimum Gasteiger partial charge on any atom is -0.396 e. The molecule has 5 heteroatoms. The molecular formula is C14H26F3NO. The third-order valence-corrected chi connectivity index (χ3v) is 4.15. The molecule has 19 heavy (non-hydrogen) atoms. The topological polar surface area (TPSA) is 23.5 Å². The van der Waals surface area contributed by atoms with E-state index in [-0.39, 0.29) is 18.1 Å². The first-order valence-electron chi connectivity index (χ1n) is 7.20. The van der Waals surface area contributed by atoms with Gasteiger partial charge in [-0.25, -0.2) is 0 Å². The van der Waals surface area contributed by atoms with Crippen molar-refractivity contribution in [1.29, 1.82) is 0 Å². The first kappa shape index (κ1) is 16.8. The summed E-state index contributed by atoms with van der Waals surface area (Å²) in [7, 11) is 0. The summed E-state index contributed by atoms with van der Waals surface area (Å²) in [5.41, 5.74) is -0.341. The Hall–Kier alpha value is -0.290. The summed E-state index contributed by atoms with van der Waals surface area (Å²) in [6.45, 7) is 3.03. The van der Waals surface area contributed by atoms with Gasteiger partial charge in [0.25, 0.3) is 0 Å². The van der Waals surface area contributed by atoms with Gasteiger partial charge in [-0.15, -0.1) is 0 Å². The van der Waals surface area contributed by atoms with Crippen molar-refractivity contribution in [1.82, 2.24) is 4.90 Å². The zero-order valence-electron chi connectivity index (χ0n) is 12.0. The first-order valence-corrected chi connectivity index (χ1v) is 7.20. The van der Waals surface area contributed by atoms with Crippen LogP contribution < -0.4 is 0 Å². The van der Waals surface area contributed by atoms with E-state index in [0.717, 1.165) is 38.5 Å². The Bertz CT molecular complexity index is 258. The minimum absolute atomic E-state index is 0.00588. The number of rotatable bonds is 5. The minimum atomic E-state index is -4.17. The predicted molar refractivity (Wildman–Crippen MR) is 70.0 cm³/mol. The second-order valence-corrected chi connectivity index (χ2v) is 6.19. The van der Waals surface area contributed by atoms with Crippen molar-refractivity contribution in [2.45, 2.75) is 64.6 Å². The molecule has 0 aliphatic heterocycles. The molecule has 0 radical (unpaired) electrons. The third-order valence-electron chi connectivity index (χ3n) is 4.15. The molecule has 0 atom stereocenters. The van der Waals surface area contributed by atoms with Crippen LogP contribution in [0.15, 0.2) is 0 Å². The zero-order valence-corrected chi connectivity index (χ0v) is 12.0. The van der Waals surface area contributed by atoms with Crippen molar-refractivity contribution in [2.24, 2.45) is 5.41 Å². The molecule has 0 unspecified atom stereocenters. The maximum absolute atomic E-state index is 12.6. The van der Waals surface area contributed by atoms with Crippen LogP contribution in [0.1, 0.15) is 52.4 Å². The summed E-state index contributed by atoms with van der Waals surface area (Å²) in [5, 5.41) is 9.69. The highest BCUT2D eigenvalue weighted by molar-refractivity contribution is 4.86. The van der Waals surface area contributed by atoms with Gasteiger partial charge in [0.2, 0.25) is 0 Å². The molecule has 114 valence electrons. The Morgan fingerprint density at radius 2 is 1.63 bits per heavy atom. The Morgan fingerprint density at radius 1 is 1.11 bits per heavy atom. The average molecular weight is 281 g/mol. The van der Waals surface area contributed by atoms with Gasteiger partial charge < -0.3 is 5.11 Å². The smallest absolute Gasteiger partial charge is 0.396 e. The second-order valence-electron chi connectivity index (χ2n) is 6.19. The predicted octanol–water partition coefficient (Wildman–Crippen LogP) is 3.59. The Kier molecular flexibility index (Phi) is 6.12. The second kappa shape index (κ2) is 6.93. The van der Waals surface area contributed by atoms with Gasteiger partial charge in [0.05, 0.1) is 6.54 Å². The summed E-state index contributed by atoms with van der Waals surface area (Å²) < 4.78 is 37.9. The molecule has 1 saturated carbocycles. The lowest BCUT2D eigenvalue weighted by atomic mass is 9.80. The zero-order chi connectivity index (χ0) is 14.5. The fraction of sp³-hybridized carbons (Fsp3) is 1.00. The van der Waals surface area contributed by atoms with Crippen LogP contribution in [0, 0.1) is 5.41 Å². The van der Waals surface area contributed by atoms with Gasteiger partial charge in [-0.1, -0.05) is 25.7 Å². The molecule has 1 rings (SSSR count). The summed E-state index contributed by atoms with van der Waals surface area (Å²) >= 11 is 0. The van der Waals surface area contributed by atoms with E-state index in [4.69, 9.17) is 0 Å². The molecule has 1 N–H and O–H groups in total. The fourth-order valence-electron chi connectivity index (χ4n) is 2.93. The fourth-order valence-corrected chi connectivity index (χ4v) is 2.93. The summed E-state index contributed by atoms with van der Waals surface area (Å²) in [6, 6.07) is -0.159. The van der Waals surface area contributed by atoms with E-state index in [1.165, 1.54) is 4.90 Å². The van der Waals surface area contributed by atoms with Gasteiger partial charge in [0.1, 0.15) is 0 Å². The molecule has 1 fully saturated rings. The lowest BCUT2D eigenvalue weighted by molar-refractivity contribution is -0.154. The van der Waals surface area contributed by atoms with E-state index in [0.29, 0.717) is 6.54 Å². The number of aliphatic hydroxyl groups excluding tert-OH is 1. The van der Waals surface area contributed by atoms with Crippen LogP contribution in [-0.4, -0.2) is 41.9 Å². The molecule has 1 aliphatic carbocycles. The van der Waals surface area contributed by atoms with E-state index in [2.05, 4.69) is 0 Å². The van der Waals surface area contributed by atoms with Crippen molar-refractivity contribution in [3.8, 4) is 0 Å². The van der Waals surface area contributed by atoms with Crippen molar-refractivity contribution in [3.63, 3.8) is 0 Å². The highest BCUT2D eigenvalue weighted by Crippen LogP contribution is 2.36. The normalized spacial score (nSPS) is 20.8. The van der Waals surface area contributed by atoms with Crippen LogP contribution in [0.25, 0.3) is 0 Å². The van der Waals surface area contributed by atoms with E-state index in [1.54, 1.807) is 13.8 Å². The standard InChI is InChI=1S/C14H26F3NO/c1-12(2)18(10-14(15,16)17)9-13(11-19)7-5-3-4-6-8-13/h12,19H,3-11H2,1-2H3. The van der Waals surface area contributed by atoms with Gasteiger partial charge in [-0.2, -0.15) is 13.2 Å². The van der Waals surface area contributed by atoms with E-state index in [9.17, 15) is 18.3 Å². The Balaban J connectivity index is 2.73. The molecule has 1 aliphatic rings. The quantitative estimate of drug-likeness (QED) is 0.778. The number of alkyl halides is 3. The van der Waals surface area contributed by atoms with Gasteiger partial charge in [0, 0.05) is 24.6 Å². The number of hydrogen-bond donors (Lipinski definition) is 1. The molecule has 0 amide bonds. The lowest BCUT2D eigenvalue weighted by Crippen LogP contribution is -2.47. The van der Waals surface area contributed by atoms with E-state index >= 15 is 0 Å². The molecule has 0 heterocycles. The summed E-state index contributed by atoms with van der Waals surface area (Å²) in [4.78, 5) is 1.46. The summed E-state index contributed by atoms with van der Waals surface area (Å²) in [5.74, 6) is 0. The number of aliphatic hydroxyl groups is 1. The summed E-state index contributed by atoms with van der Waals surface area (Å²) in [6.07, 6.45) is 1.78. The van der Waals surface area contributed by atoms with Crippen molar-refractivity contribution < 1.29 is 18.3 Å². The van der Waals surface area contributed by atoms with Crippen LogP contribution in [0.2, 0.25) is 0 Å². The van der Waals surface area contributed by atoms with Gasteiger partial charge in [-0.3, -0.25) is 4.90 Å². The highest BCUT2D eigenvalue weighted by atomic mass is 19.4. The van der Waals surface area contributed by atoms with Gasteiger partial charge >= 0.3 is 6.18 Å². The van der Waals surface area contributed by atoms with E-state index < -0.39 is 12.7 Å². The molecule has 0 aromatic heterocycles. The number of hydrogen-bond acceptors (Lipinski definition) is 2. The van der Waals surface area contributed by atoms with Crippen molar-refractivity contribution in [2.75, 3.05) is 19.7 Å². The Labute approximate surface area is 114 Å². The molecule has 0 aromatic rings. The SMILES string of the molecule is CC(C)N(CC(F)(F)F)CC1(CO)CCCCCC1. The molecule has 0 saturated heterocycles. The monoisotopic (exact) mass is 281 g/mol. The average Bonchev–Trinajstić information content (AvgIpc) is 2.52. The molecule has 2 nitrogen and oxygen atoms in total. The highest BCUT2D eigenvalue weighted by Gasteiger charge is 2.37. The Morgan fingerprint density at radius 3 is 2.00 bits per heavy atom. The molecule has 0 bridgehead atoms. The van der Waals surface area contributed by atoms with Crippen LogP contribution in [0.5, 0.6) is 0 Å². The largest absolute Gasteiger partial charge is 0.401 e. The van der Waals surface area contributed by atoms with Crippen molar-refractivity contribution >= 4 is 0 Å². The van der Waals surface area contributed by atoms with Crippen LogP contribution in [-0.2, 0) is 0 Å². The molecule has 0 spiro atoms. The third kappa shape index (κ3) is 5.69. The molecular weight excluding hydrogens is 255 g/mol. The maximum Gasteiger partial charge on any atom is 0.401 e. The maximum atomic E-state index is 12.6. The van der Waals surface area contributed by atoms with Crippen molar-refractivity contribution in [3.05, 3.63) is 0 Å². The van der Waals surface area contributed by atoms with Crippen LogP contribution >= 0.6 is 0 Å². The molecule has 0 aromatic carbocycles.